The second-order valence-electron chi connectivity index (χ2n) is 7.80. The lowest BCUT2D eigenvalue weighted by Crippen LogP contribution is -2.20. The van der Waals surface area contributed by atoms with Crippen LogP contribution in [0.4, 0.5) is 13.2 Å². The zero-order valence-electron chi connectivity index (χ0n) is 18.6. The van der Waals surface area contributed by atoms with Gasteiger partial charge in [0, 0.05) is 5.56 Å². The third-order valence-corrected chi connectivity index (χ3v) is 5.32. The van der Waals surface area contributed by atoms with Crippen molar-refractivity contribution in [2.75, 3.05) is 0 Å². The average molecular weight is 465 g/mol. The van der Waals surface area contributed by atoms with Gasteiger partial charge in [-0.05, 0) is 67.4 Å². The maximum absolute atomic E-state index is 13.3. The van der Waals surface area contributed by atoms with Gasteiger partial charge in [-0.2, -0.15) is 22.9 Å². The molecule has 3 aromatic carbocycles. The van der Waals surface area contributed by atoms with Gasteiger partial charge in [0.1, 0.15) is 5.75 Å². The topological polar surface area (TPSA) is 56.5 Å². The van der Waals surface area contributed by atoms with E-state index in [1.165, 1.54) is 18.3 Å². The Labute approximate surface area is 194 Å². The molecule has 1 atom stereocenters. The third-order valence-electron chi connectivity index (χ3n) is 5.32. The summed E-state index contributed by atoms with van der Waals surface area (Å²) in [6.07, 6.45) is -2.11. The number of aromatic nitrogens is 2. The number of rotatable bonds is 6. The summed E-state index contributed by atoms with van der Waals surface area (Å²) in [5.74, 6) is 0.725. The smallest absolute Gasteiger partial charge is 0.416 e. The van der Waals surface area contributed by atoms with E-state index in [1.807, 2.05) is 13.8 Å². The van der Waals surface area contributed by atoms with Crippen molar-refractivity contribution in [3.05, 3.63) is 94.3 Å². The number of alkyl halides is 3. The molecule has 0 spiro atoms. The van der Waals surface area contributed by atoms with E-state index in [1.54, 1.807) is 48.5 Å². The summed E-state index contributed by atoms with van der Waals surface area (Å²) in [4.78, 5) is 17.7. The Kier molecular flexibility index (Phi) is 6.49. The zero-order valence-corrected chi connectivity index (χ0v) is 18.6. The number of para-hydroxylation sites is 1. The molecule has 34 heavy (non-hydrogen) atoms. The quantitative estimate of drug-likeness (QED) is 0.321. The van der Waals surface area contributed by atoms with Crippen molar-refractivity contribution in [2.45, 2.75) is 32.5 Å². The van der Waals surface area contributed by atoms with Crippen molar-refractivity contribution in [3.63, 3.8) is 0 Å². The third kappa shape index (κ3) is 5.01. The molecule has 0 bridgehead atoms. The van der Waals surface area contributed by atoms with E-state index < -0.39 is 17.3 Å². The Hall–Kier alpha value is -3.94. The highest BCUT2D eigenvalue weighted by molar-refractivity contribution is 5.82. The molecule has 0 aliphatic rings. The zero-order chi connectivity index (χ0) is 24.3. The van der Waals surface area contributed by atoms with Gasteiger partial charge < -0.3 is 4.74 Å². The van der Waals surface area contributed by atoms with Crippen molar-refractivity contribution in [1.29, 1.82) is 0 Å². The molecule has 1 aromatic heterocycles. The largest absolute Gasteiger partial charge is 0.491 e. The fourth-order valence-electron chi connectivity index (χ4n) is 3.32. The highest BCUT2D eigenvalue weighted by Gasteiger charge is 2.30. The summed E-state index contributed by atoms with van der Waals surface area (Å²) in [5.41, 5.74) is -0.123. The number of ether oxygens (including phenoxy) is 1. The minimum atomic E-state index is -4.53. The fraction of sp³-hybridized carbons (Fsp3) is 0.192. The average Bonchev–Trinajstić information content (AvgIpc) is 2.84. The summed E-state index contributed by atoms with van der Waals surface area (Å²) in [7, 11) is 0. The van der Waals surface area contributed by atoms with Crippen LogP contribution in [0.15, 0.2) is 82.7 Å². The van der Waals surface area contributed by atoms with Gasteiger partial charge >= 0.3 is 6.18 Å². The Morgan fingerprint density at radius 2 is 1.79 bits per heavy atom. The lowest BCUT2D eigenvalue weighted by molar-refractivity contribution is -0.137. The van der Waals surface area contributed by atoms with E-state index in [-0.39, 0.29) is 17.5 Å². The summed E-state index contributed by atoms with van der Waals surface area (Å²) in [6, 6.07) is 18.5. The van der Waals surface area contributed by atoms with Gasteiger partial charge in [0.15, 0.2) is 5.82 Å². The van der Waals surface area contributed by atoms with E-state index in [0.29, 0.717) is 22.2 Å². The van der Waals surface area contributed by atoms with Gasteiger partial charge in [0.05, 0.1) is 28.8 Å². The van der Waals surface area contributed by atoms with Crippen molar-refractivity contribution in [2.24, 2.45) is 5.10 Å². The van der Waals surface area contributed by atoms with E-state index in [0.717, 1.165) is 23.2 Å². The van der Waals surface area contributed by atoms with Gasteiger partial charge in [0.2, 0.25) is 0 Å². The van der Waals surface area contributed by atoms with Crippen LogP contribution < -0.4 is 10.3 Å². The normalized spacial score (nSPS) is 12.9. The van der Waals surface area contributed by atoms with Crippen LogP contribution in [0.5, 0.6) is 5.75 Å². The van der Waals surface area contributed by atoms with Crippen LogP contribution in [0.25, 0.3) is 22.3 Å². The minimum Gasteiger partial charge on any atom is -0.491 e. The van der Waals surface area contributed by atoms with Gasteiger partial charge in [-0.1, -0.05) is 31.2 Å². The number of nitrogens with zero attached hydrogens (tertiary/aromatic N) is 3. The van der Waals surface area contributed by atoms with Crippen LogP contribution in [-0.2, 0) is 6.18 Å². The molecule has 0 unspecified atom stereocenters. The van der Waals surface area contributed by atoms with E-state index in [4.69, 9.17) is 4.74 Å². The first kappa shape index (κ1) is 23.2. The number of fused-ring (bicyclic) bond motifs is 1. The molecule has 5 nitrogen and oxygen atoms in total. The molecule has 0 saturated carbocycles. The van der Waals surface area contributed by atoms with E-state index in [2.05, 4.69) is 10.1 Å². The lowest BCUT2D eigenvalue weighted by atomic mass is 10.1. The number of halogens is 3. The van der Waals surface area contributed by atoms with Gasteiger partial charge in [-0.15, -0.1) is 0 Å². The molecule has 4 aromatic rings. The molecule has 8 heteroatoms. The van der Waals surface area contributed by atoms with Crippen molar-refractivity contribution in [1.82, 2.24) is 9.66 Å². The van der Waals surface area contributed by atoms with Crippen LogP contribution in [0.1, 0.15) is 31.4 Å². The van der Waals surface area contributed by atoms with Crippen LogP contribution >= 0.6 is 0 Å². The van der Waals surface area contributed by atoms with E-state index in [9.17, 15) is 18.0 Å². The molecular formula is C26H22F3N3O2. The number of hydrogen-bond acceptors (Lipinski definition) is 4. The molecule has 0 radical (unpaired) electrons. The molecule has 0 amide bonds. The SMILES string of the molecule is CC[C@@H](C)Oc1ccc(C=Nn2c(-c3cccc(C(F)(F)F)c3)nc3ccccc3c2=O)cc1. The lowest BCUT2D eigenvalue weighted by Gasteiger charge is -2.12. The molecule has 0 saturated heterocycles. The minimum absolute atomic E-state index is 0.0165. The maximum Gasteiger partial charge on any atom is 0.416 e. The molecule has 174 valence electrons. The van der Waals surface area contributed by atoms with Crippen LogP contribution in [0.2, 0.25) is 0 Å². The standard InChI is InChI=1S/C26H22F3N3O2/c1-3-17(2)34-21-13-11-18(12-14-21)16-30-32-24(19-7-6-8-20(15-19)26(27,28)29)31-23-10-5-4-9-22(23)25(32)33/h4-17H,3H2,1-2H3/t17-/m1/s1. The fourth-order valence-corrected chi connectivity index (χ4v) is 3.32. The highest BCUT2D eigenvalue weighted by atomic mass is 19.4. The molecular weight excluding hydrogens is 443 g/mol. The van der Waals surface area contributed by atoms with Crippen molar-refractivity contribution in [3.8, 4) is 17.1 Å². The second-order valence-corrected chi connectivity index (χ2v) is 7.80. The maximum atomic E-state index is 13.3. The van der Waals surface area contributed by atoms with Crippen LogP contribution in [0.3, 0.4) is 0 Å². The van der Waals surface area contributed by atoms with Gasteiger partial charge in [0.25, 0.3) is 5.56 Å². The monoisotopic (exact) mass is 465 g/mol. The Morgan fingerprint density at radius 1 is 1.06 bits per heavy atom. The summed E-state index contributed by atoms with van der Waals surface area (Å²) in [6.45, 7) is 4.01. The van der Waals surface area contributed by atoms with Gasteiger partial charge in [-0.25, -0.2) is 4.98 Å². The summed E-state index contributed by atoms with van der Waals surface area (Å²) < 4.78 is 46.7. The molecule has 4 rings (SSSR count). The van der Waals surface area contributed by atoms with E-state index >= 15 is 0 Å². The molecule has 1 heterocycles. The first-order chi connectivity index (χ1) is 16.3. The van der Waals surface area contributed by atoms with Crippen LogP contribution in [-0.4, -0.2) is 22.0 Å². The molecule has 0 aliphatic heterocycles. The predicted molar refractivity (Wildman–Crippen MR) is 126 cm³/mol. The van der Waals surface area contributed by atoms with Crippen molar-refractivity contribution >= 4 is 17.1 Å². The Bertz CT molecular complexity index is 1390. The van der Waals surface area contributed by atoms with Crippen molar-refractivity contribution < 1.29 is 17.9 Å². The second kappa shape index (κ2) is 9.51. The first-order valence-electron chi connectivity index (χ1n) is 10.8. The summed E-state index contributed by atoms with van der Waals surface area (Å²) in [5, 5.41) is 4.61. The molecule has 0 N–H and O–H groups in total. The van der Waals surface area contributed by atoms with Gasteiger partial charge in [-0.3, -0.25) is 4.79 Å². The molecule has 0 fully saturated rings. The number of hydrogen-bond donors (Lipinski definition) is 0. The Morgan fingerprint density at radius 3 is 2.50 bits per heavy atom. The molecule has 0 aliphatic carbocycles. The highest BCUT2D eigenvalue weighted by Crippen LogP contribution is 2.32. The first-order valence-corrected chi connectivity index (χ1v) is 10.8. The number of benzene rings is 3. The van der Waals surface area contributed by atoms with Crippen LogP contribution in [0, 0.1) is 0 Å². The Balaban J connectivity index is 1.79. The summed E-state index contributed by atoms with van der Waals surface area (Å²) >= 11 is 0. The predicted octanol–water partition coefficient (Wildman–Crippen LogP) is 6.14.